The maximum Gasteiger partial charge on any atom is 0.328 e. The molecule has 1 aliphatic heterocycles. The van der Waals surface area contributed by atoms with Gasteiger partial charge >= 0.3 is 23.9 Å². The van der Waals surface area contributed by atoms with Crippen LogP contribution in [-0.2, 0) is 19.2 Å². The summed E-state index contributed by atoms with van der Waals surface area (Å²) >= 11 is 6.14. The van der Waals surface area contributed by atoms with Crippen LogP contribution in [0.15, 0.2) is 36.4 Å². The molecule has 0 saturated carbocycles. The molecule has 0 atom stereocenters. The van der Waals surface area contributed by atoms with Crippen molar-refractivity contribution in [1.29, 1.82) is 0 Å². The van der Waals surface area contributed by atoms with Crippen molar-refractivity contribution in [3.8, 4) is 0 Å². The summed E-state index contributed by atoms with van der Waals surface area (Å²) in [6.07, 6.45) is 2.23. The van der Waals surface area contributed by atoms with Gasteiger partial charge in [-0.2, -0.15) is 0 Å². The first-order valence-corrected chi connectivity index (χ1v) is 11.3. The lowest BCUT2D eigenvalue weighted by Gasteiger charge is -2.34. The lowest BCUT2D eigenvalue weighted by molar-refractivity contribution is -0.134. The summed E-state index contributed by atoms with van der Waals surface area (Å²) in [7, 11) is 2.16. The zero-order valence-corrected chi connectivity index (χ0v) is 21.3. The summed E-state index contributed by atoms with van der Waals surface area (Å²) < 4.78 is 2.26. The third-order valence-corrected chi connectivity index (χ3v) is 5.16. The number of piperazine rings is 1. The van der Waals surface area contributed by atoms with Crippen molar-refractivity contribution >= 4 is 58.1 Å². The van der Waals surface area contributed by atoms with Crippen molar-refractivity contribution in [2.75, 3.05) is 43.9 Å². The summed E-state index contributed by atoms with van der Waals surface area (Å²) in [5.74, 6) is -4.01. The SMILES string of the molecule is CC(C)n1c(N2CCN(C)CC2)nc2cc(Cl)c(N)cc21.O=C(O)/C=C/C(=O)O.O=C(O)/C=C/C(=O)O. The summed E-state index contributed by atoms with van der Waals surface area (Å²) in [4.78, 5) is 47.7. The van der Waals surface area contributed by atoms with Gasteiger partial charge in [-0.1, -0.05) is 11.6 Å². The highest BCUT2D eigenvalue weighted by Gasteiger charge is 2.22. The van der Waals surface area contributed by atoms with Crippen molar-refractivity contribution in [3.05, 3.63) is 41.5 Å². The highest BCUT2D eigenvalue weighted by Crippen LogP contribution is 2.32. The first-order valence-electron chi connectivity index (χ1n) is 10.9. The molecule has 14 heteroatoms. The molecule has 0 aliphatic carbocycles. The number of halogens is 1. The average molecular weight is 540 g/mol. The van der Waals surface area contributed by atoms with Crippen LogP contribution in [0.1, 0.15) is 19.9 Å². The monoisotopic (exact) mass is 539 g/mol. The van der Waals surface area contributed by atoms with Crippen LogP contribution in [0.2, 0.25) is 5.02 Å². The number of carbonyl (C=O) groups is 4. The zero-order valence-electron chi connectivity index (χ0n) is 20.5. The molecule has 0 radical (unpaired) electrons. The number of hydrogen-bond acceptors (Lipinski definition) is 8. The number of nitrogen functional groups attached to an aromatic ring is 1. The number of carboxylic acid groups (broad SMARTS) is 4. The van der Waals surface area contributed by atoms with E-state index in [4.69, 9.17) is 42.7 Å². The highest BCUT2D eigenvalue weighted by molar-refractivity contribution is 6.33. The fraction of sp³-hybridized carbons (Fsp3) is 0.348. The Morgan fingerprint density at radius 1 is 0.892 bits per heavy atom. The van der Waals surface area contributed by atoms with Gasteiger partial charge in [-0.05, 0) is 33.0 Å². The number of aliphatic carboxylic acids is 4. The number of aromatic nitrogens is 2. The van der Waals surface area contributed by atoms with Crippen molar-refractivity contribution in [2.45, 2.75) is 19.9 Å². The molecule has 2 aromatic rings. The molecule has 202 valence electrons. The van der Waals surface area contributed by atoms with Crippen molar-refractivity contribution in [1.82, 2.24) is 14.5 Å². The van der Waals surface area contributed by atoms with E-state index in [-0.39, 0.29) is 0 Å². The molecule has 0 unspecified atom stereocenters. The van der Waals surface area contributed by atoms with Gasteiger partial charge in [0.05, 0.1) is 21.7 Å². The molecular formula is C23H30ClN5O8. The Kier molecular flexibility index (Phi) is 12.1. The van der Waals surface area contributed by atoms with E-state index in [9.17, 15) is 19.2 Å². The number of carboxylic acids is 4. The van der Waals surface area contributed by atoms with E-state index in [1.54, 1.807) is 0 Å². The largest absolute Gasteiger partial charge is 0.478 e. The highest BCUT2D eigenvalue weighted by atomic mass is 35.5. The van der Waals surface area contributed by atoms with E-state index in [0.717, 1.165) is 43.2 Å². The molecule has 0 spiro atoms. The summed E-state index contributed by atoms with van der Waals surface area (Å²) in [5, 5.41) is 31.8. The summed E-state index contributed by atoms with van der Waals surface area (Å²) in [5.41, 5.74) is 8.54. The Bertz CT molecular complexity index is 1120. The first-order chi connectivity index (χ1) is 17.2. The molecule has 2 heterocycles. The number of rotatable bonds is 6. The predicted octanol–water partition coefficient (Wildman–Crippen LogP) is 2.03. The Labute approximate surface area is 217 Å². The summed E-state index contributed by atoms with van der Waals surface area (Å²) in [6, 6.07) is 4.12. The minimum absolute atomic E-state index is 0.324. The van der Waals surface area contributed by atoms with Gasteiger partial charge in [0, 0.05) is 56.5 Å². The van der Waals surface area contributed by atoms with Gasteiger partial charge in [-0.25, -0.2) is 24.2 Å². The van der Waals surface area contributed by atoms with Crippen LogP contribution in [0, 0.1) is 0 Å². The molecule has 3 rings (SSSR count). The molecule has 37 heavy (non-hydrogen) atoms. The van der Waals surface area contributed by atoms with Gasteiger partial charge in [0.2, 0.25) is 5.95 Å². The molecule has 0 bridgehead atoms. The van der Waals surface area contributed by atoms with Crippen molar-refractivity contribution < 1.29 is 39.6 Å². The lowest BCUT2D eigenvalue weighted by atomic mass is 10.2. The molecule has 1 saturated heterocycles. The van der Waals surface area contributed by atoms with E-state index >= 15 is 0 Å². The van der Waals surface area contributed by atoms with Crippen LogP contribution < -0.4 is 10.6 Å². The second-order valence-electron chi connectivity index (χ2n) is 8.05. The van der Waals surface area contributed by atoms with Crippen molar-refractivity contribution in [2.24, 2.45) is 0 Å². The number of hydrogen-bond donors (Lipinski definition) is 5. The van der Waals surface area contributed by atoms with Crippen LogP contribution in [0.5, 0.6) is 0 Å². The second-order valence-corrected chi connectivity index (χ2v) is 8.46. The molecular weight excluding hydrogens is 510 g/mol. The van der Waals surface area contributed by atoms with Crippen LogP contribution in [0.3, 0.4) is 0 Å². The van der Waals surface area contributed by atoms with Crippen LogP contribution in [0.4, 0.5) is 11.6 Å². The Morgan fingerprint density at radius 3 is 1.70 bits per heavy atom. The molecule has 1 aromatic carbocycles. The van der Waals surface area contributed by atoms with E-state index in [1.807, 2.05) is 12.1 Å². The zero-order chi connectivity index (χ0) is 28.3. The average Bonchev–Trinajstić information content (AvgIpc) is 3.16. The topological polar surface area (TPSA) is 200 Å². The Hall–Kier alpha value is -4.10. The number of imidazole rings is 1. The van der Waals surface area contributed by atoms with Gasteiger partial charge in [0.1, 0.15) is 0 Å². The fourth-order valence-corrected chi connectivity index (χ4v) is 3.30. The first kappa shape index (κ1) is 30.9. The van der Waals surface area contributed by atoms with E-state index in [1.165, 1.54) is 0 Å². The molecule has 1 aromatic heterocycles. The Balaban J connectivity index is 0.000000355. The van der Waals surface area contributed by atoms with Crippen LogP contribution in [-0.4, -0.2) is 92.0 Å². The number of nitrogens with zero attached hydrogens (tertiary/aromatic N) is 4. The number of likely N-dealkylation sites (N-methyl/N-ethyl adjacent to an activating group) is 1. The molecule has 1 aliphatic rings. The third kappa shape index (κ3) is 10.6. The van der Waals surface area contributed by atoms with E-state index < -0.39 is 23.9 Å². The molecule has 6 N–H and O–H groups in total. The smallest absolute Gasteiger partial charge is 0.328 e. The molecule has 0 amide bonds. The van der Waals surface area contributed by atoms with Gasteiger partial charge in [0.15, 0.2) is 0 Å². The number of anilines is 2. The molecule has 1 fully saturated rings. The van der Waals surface area contributed by atoms with Gasteiger partial charge < -0.3 is 40.5 Å². The minimum Gasteiger partial charge on any atom is -0.478 e. The van der Waals surface area contributed by atoms with Crippen LogP contribution >= 0.6 is 11.6 Å². The van der Waals surface area contributed by atoms with Crippen LogP contribution in [0.25, 0.3) is 11.0 Å². The van der Waals surface area contributed by atoms with Gasteiger partial charge in [-0.15, -0.1) is 0 Å². The molecule has 13 nitrogen and oxygen atoms in total. The van der Waals surface area contributed by atoms with Gasteiger partial charge in [-0.3, -0.25) is 0 Å². The standard InChI is InChI=1S/C15H22ClN5.2C4H4O4/c1-10(2)21-14-9-12(17)11(16)8-13(14)18-15(21)20-6-4-19(3)5-7-20;2*5-3(6)1-2-4(7)8/h8-10H,4-7,17H2,1-3H3;2*1-2H,(H,5,6)(H,7,8)/b;2*2-1+. The maximum absolute atomic E-state index is 9.55. The summed E-state index contributed by atoms with van der Waals surface area (Å²) in [6.45, 7) is 8.46. The third-order valence-electron chi connectivity index (χ3n) is 4.83. The quantitative estimate of drug-likeness (QED) is 0.264. The fourth-order valence-electron chi connectivity index (χ4n) is 3.14. The van der Waals surface area contributed by atoms with Crippen molar-refractivity contribution in [3.63, 3.8) is 0 Å². The predicted molar refractivity (Wildman–Crippen MR) is 138 cm³/mol. The number of benzene rings is 1. The number of fused-ring (bicyclic) bond motifs is 1. The number of nitrogens with two attached hydrogens (primary N) is 1. The second kappa shape index (κ2) is 14.5. The minimum atomic E-state index is -1.26. The van der Waals surface area contributed by atoms with Gasteiger partial charge in [0.25, 0.3) is 0 Å². The van der Waals surface area contributed by atoms with E-state index in [2.05, 4.69) is 35.3 Å². The lowest BCUT2D eigenvalue weighted by Crippen LogP contribution is -2.45. The van der Waals surface area contributed by atoms with E-state index in [0.29, 0.717) is 41.1 Å². The Morgan fingerprint density at radius 2 is 1.32 bits per heavy atom. The maximum atomic E-state index is 9.55. The normalized spacial score (nSPS) is 13.8.